The standard InChI is InChI=1S/C16H14N2O4/c1-2-22-16(19)14-8-3-4-9-15(14)17-11-12-6-5-7-13(10-12)18(20)21/h3-11H,2H2,1H3. The molecule has 0 amide bonds. The van der Waals surface area contributed by atoms with Crippen LogP contribution < -0.4 is 0 Å². The second-order valence-electron chi connectivity index (χ2n) is 4.35. The van der Waals surface area contributed by atoms with E-state index in [0.29, 0.717) is 16.8 Å². The van der Waals surface area contributed by atoms with Gasteiger partial charge in [0.25, 0.3) is 5.69 Å². The second-order valence-corrected chi connectivity index (χ2v) is 4.35. The van der Waals surface area contributed by atoms with Gasteiger partial charge in [-0.15, -0.1) is 0 Å². The zero-order valence-corrected chi connectivity index (χ0v) is 11.9. The van der Waals surface area contributed by atoms with E-state index in [1.165, 1.54) is 18.3 Å². The fraction of sp³-hybridized carbons (Fsp3) is 0.125. The minimum atomic E-state index is -0.468. The number of non-ortho nitro benzene ring substituents is 1. The number of carbonyl (C=O) groups is 1. The molecule has 0 aromatic heterocycles. The van der Waals surface area contributed by atoms with E-state index < -0.39 is 10.9 Å². The van der Waals surface area contributed by atoms with E-state index in [0.717, 1.165) is 0 Å². The highest BCUT2D eigenvalue weighted by Gasteiger charge is 2.11. The molecule has 0 saturated heterocycles. The van der Waals surface area contributed by atoms with E-state index in [-0.39, 0.29) is 12.3 Å². The number of nitrogens with zero attached hydrogens (tertiary/aromatic N) is 2. The van der Waals surface area contributed by atoms with Gasteiger partial charge in [-0.25, -0.2) is 4.79 Å². The van der Waals surface area contributed by atoms with Crippen molar-refractivity contribution in [2.24, 2.45) is 4.99 Å². The van der Waals surface area contributed by atoms with Crippen molar-refractivity contribution in [2.75, 3.05) is 6.61 Å². The van der Waals surface area contributed by atoms with Crippen molar-refractivity contribution in [2.45, 2.75) is 6.92 Å². The summed E-state index contributed by atoms with van der Waals surface area (Å²) in [6.45, 7) is 2.01. The van der Waals surface area contributed by atoms with E-state index >= 15 is 0 Å². The molecular formula is C16H14N2O4. The highest BCUT2D eigenvalue weighted by atomic mass is 16.6. The van der Waals surface area contributed by atoms with Gasteiger partial charge in [0.1, 0.15) is 0 Å². The molecule has 0 radical (unpaired) electrons. The monoisotopic (exact) mass is 298 g/mol. The molecule has 0 aliphatic rings. The molecule has 0 fully saturated rings. The third-order valence-corrected chi connectivity index (χ3v) is 2.83. The maximum absolute atomic E-state index is 11.8. The third-order valence-electron chi connectivity index (χ3n) is 2.83. The first-order valence-corrected chi connectivity index (χ1v) is 6.66. The van der Waals surface area contributed by atoms with E-state index in [9.17, 15) is 14.9 Å². The summed E-state index contributed by atoms with van der Waals surface area (Å²) in [5.74, 6) is -0.450. The summed E-state index contributed by atoms with van der Waals surface area (Å²) < 4.78 is 4.97. The molecule has 2 aromatic carbocycles. The number of esters is 1. The van der Waals surface area contributed by atoms with Crippen LogP contribution in [0.15, 0.2) is 53.5 Å². The lowest BCUT2D eigenvalue weighted by Crippen LogP contribution is -2.04. The van der Waals surface area contributed by atoms with Crippen molar-refractivity contribution in [3.05, 3.63) is 69.8 Å². The molecule has 0 atom stereocenters. The van der Waals surface area contributed by atoms with Gasteiger partial charge in [0, 0.05) is 18.3 Å². The molecule has 0 aliphatic heterocycles. The summed E-state index contributed by atoms with van der Waals surface area (Å²) >= 11 is 0. The van der Waals surface area contributed by atoms with Crippen molar-refractivity contribution < 1.29 is 14.5 Å². The molecule has 6 nitrogen and oxygen atoms in total. The maximum Gasteiger partial charge on any atom is 0.340 e. The lowest BCUT2D eigenvalue weighted by Gasteiger charge is -2.04. The van der Waals surface area contributed by atoms with Crippen LogP contribution in [0.5, 0.6) is 0 Å². The fourth-order valence-corrected chi connectivity index (χ4v) is 1.83. The Morgan fingerprint density at radius 2 is 2.05 bits per heavy atom. The summed E-state index contributed by atoms with van der Waals surface area (Å²) in [5, 5.41) is 10.7. The van der Waals surface area contributed by atoms with Gasteiger partial charge in [-0.1, -0.05) is 24.3 Å². The smallest absolute Gasteiger partial charge is 0.340 e. The van der Waals surface area contributed by atoms with Crippen LogP contribution in [0.1, 0.15) is 22.8 Å². The van der Waals surface area contributed by atoms with Gasteiger partial charge in [-0.3, -0.25) is 15.1 Å². The predicted octanol–water partition coefficient (Wildman–Crippen LogP) is 3.52. The molecule has 2 rings (SSSR count). The number of ether oxygens (including phenoxy) is 1. The third kappa shape index (κ3) is 3.76. The number of hydrogen-bond donors (Lipinski definition) is 0. The van der Waals surface area contributed by atoms with E-state index in [1.54, 1.807) is 43.3 Å². The van der Waals surface area contributed by atoms with Crippen molar-refractivity contribution in [1.82, 2.24) is 0 Å². The van der Waals surface area contributed by atoms with Crippen molar-refractivity contribution in [3.8, 4) is 0 Å². The topological polar surface area (TPSA) is 81.8 Å². The Bertz CT molecular complexity index is 726. The summed E-state index contributed by atoms with van der Waals surface area (Å²) in [4.78, 5) is 26.3. The first-order chi connectivity index (χ1) is 10.6. The first-order valence-electron chi connectivity index (χ1n) is 6.66. The van der Waals surface area contributed by atoms with E-state index in [4.69, 9.17) is 4.74 Å². The SMILES string of the molecule is CCOC(=O)c1ccccc1N=Cc1cccc([N+](=O)[O-])c1. The van der Waals surface area contributed by atoms with Crippen LogP contribution in [0.4, 0.5) is 11.4 Å². The molecule has 0 N–H and O–H groups in total. The molecule has 0 heterocycles. The van der Waals surface area contributed by atoms with E-state index in [1.807, 2.05) is 0 Å². The number of nitro benzene ring substituents is 1. The van der Waals surface area contributed by atoms with Crippen LogP contribution in [0, 0.1) is 10.1 Å². The van der Waals surface area contributed by atoms with Crippen LogP contribution in [-0.2, 0) is 4.74 Å². The first kappa shape index (κ1) is 15.4. The molecular weight excluding hydrogens is 284 g/mol. The van der Waals surface area contributed by atoms with Crippen molar-refractivity contribution in [1.29, 1.82) is 0 Å². The molecule has 112 valence electrons. The minimum Gasteiger partial charge on any atom is -0.462 e. The zero-order valence-electron chi connectivity index (χ0n) is 11.9. The normalized spacial score (nSPS) is 10.6. The molecule has 0 bridgehead atoms. The lowest BCUT2D eigenvalue weighted by atomic mass is 10.2. The number of benzene rings is 2. The number of hydrogen-bond acceptors (Lipinski definition) is 5. The van der Waals surface area contributed by atoms with Gasteiger partial charge in [0.15, 0.2) is 0 Å². The van der Waals surface area contributed by atoms with E-state index in [2.05, 4.69) is 4.99 Å². The number of para-hydroxylation sites is 1. The Hall–Kier alpha value is -3.02. The second kappa shape index (κ2) is 7.12. The number of carbonyl (C=O) groups excluding carboxylic acids is 1. The Balaban J connectivity index is 2.29. The van der Waals surface area contributed by atoms with Gasteiger partial charge >= 0.3 is 5.97 Å². The molecule has 6 heteroatoms. The molecule has 0 saturated carbocycles. The van der Waals surface area contributed by atoms with Gasteiger partial charge in [-0.05, 0) is 24.6 Å². The van der Waals surface area contributed by atoms with Crippen LogP contribution in [0.25, 0.3) is 0 Å². The summed E-state index contributed by atoms with van der Waals surface area (Å²) in [6, 6.07) is 12.9. The Morgan fingerprint density at radius 1 is 1.27 bits per heavy atom. The van der Waals surface area contributed by atoms with Crippen LogP contribution in [0.3, 0.4) is 0 Å². The molecule has 2 aromatic rings. The minimum absolute atomic E-state index is 0.0115. The van der Waals surface area contributed by atoms with Crippen LogP contribution in [0.2, 0.25) is 0 Å². The number of rotatable bonds is 5. The molecule has 0 spiro atoms. The number of nitro groups is 1. The highest BCUT2D eigenvalue weighted by Crippen LogP contribution is 2.20. The van der Waals surface area contributed by atoms with Crippen molar-refractivity contribution in [3.63, 3.8) is 0 Å². The Kier molecular flexibility index (Phi) is 4.98. The molecule has 0 unspecified atom stereocenters. The van der Waals surface area contributed by atoms with Gasteiger partial charge < -0.3 is 4.74 Å². The average Bonchev–Trinajstić information content (AvgIpc) is 2.53. The highest BCUT2D eigenvalue weighted by molar-refractivity contribution is 5.96. The molecule has 0 aliphatic carbocycles. The summed E-state index contributed by atoms with van der Waals surface area (Å²) in [5.41, 5.74) is 1.37. The predicted molar refractivity (Wildman–Crippen MR) is 82.7 cm³/mol. The van der Waals surface area contributed by atoms with Gasteiger partial charge in [-0.2, -0.15) is 0 Å². The van der Waals surface area contributed by atoms with Gasteiger partial charge in [0.05, 0.1) is 22.8 Å². The summed E-state index contributed by atoms with van der Waals surface area (Å²) in [6.07, 6.45) is 1.48. The van der Waals surface area contributed by atoms with Crippen LogP contribution in [-0.4, -0.2) is 23.7 Å². The Morgan fingerprint density at radius 3 is 2.77 bits per heavy atom. The maximum atomic E-state index is 11.8. The van der Waals surface area contributed by atoms with Crippen LogP contribution >= 0.6 is 0 Å². The largest absolute Gasteiger partial charge is 0.462 e. The zero-order chi connectivity index (χ0) is 15.9. The van der Waals surface area contributed by atoms with Gasteiger partial charge in [0.2, 0.25) is 0 Å². The average molecular weight is 298 g/mol. The summed E-state index contributed by atoms with van der Waals surface area (Å²) in [7, 11) is 0. The fourth-order valence-electron chi connectivity index (χ4n) is 1.83. The Labute approximate surface area is 127 Å². The molecule has 22 heavy (non-hydrogen) atoms. The number of aliphatic imine (C=N–C) groups is 1. The van der Waals surface area contributed by atoms with Crippen molar-refractivity contribution >= 4 is 23.6 Å². The quantitative estimate of drug-likeness (QED) is 0.366. The lowest BCUT2D eigenvalue weighted by molar-refractivity contribution is -0.384.